The summed E-state index contributed by atoms with van der Waals surface area (Å²) in [6.45, 7) is 6.02. The SMILES string of the molecule is CO[C@@H]1O[C@H](COCc2ccccc2)[C@@H](O[C@@H]2O[C@H](COC(C)=O)[C@@H](OC(C)=O)[C@H](OC(C)=O)[C@H]2OC(C)=O)[C@H](OC(C)=O)[C@H]1OC(C)=O. The van der Waals surface area contributed by atoms with Gasteiger partial charge in [0.2, 0.25) is 0 Å². The molecular weight excluding hydrogens is 656 g/mol. The molecule has 10 atom stereocenters. The summed E-state index contributed by atoms with van der Waals surface area (Å²) < 4.78 is 62.6. The fourth-order valence-electron chi connectivity index (χ4n) is 5.33. The van der Waals surface area contributed by atoms with Gasteiger partial charge < -0.3 is 52.1 Å². The van der Waals surface area contributed by atoms with Crippen molar-refractivity contribution in [2.45, 2.75) is 110 Å². The highest BCUT2D eigenvalue weighted by Crippen LogP contribution is 2.35. The molecule has 2 fully saturated rings. The van der Waals surface area contributed by atoms with Crippen LogP contribution in [0.15, 0.2) is 30.3 Å². The number of esters is 6. The van der Waals surface area contributed by atoms with Crippen molar-refractivity contribution in [2.75, 3.05) is 20.3 Å². The van der Waals surface area contributed by atoms with Gasteiger partial charge in [-0.25, -0.2) is 0 Å². The van der Waals surface area contributed by atoms with Crippen molar-refractivity contribution in [3.05, 3.63) is 35.9 Å². The van der Waals surface area contributed by atoms with E-state index in [1.165, 1.54) is 7.11 Å². The van der Waals surface area contributed by atoms with Crippen molar-refractivity contribution in [3.8, 4) is 0 Å². The standard InChI is InChI=1S/C32H42O17/c1-16(33)41-15-24-25(42-17(2)34)27(43-18(3)35)30(46-21(6)38)32(48-24)49-26-23(14-40-13-22-11-9-8-10-12-22)47-31(39-7)29(45-20(5)37)28(26)44-19(4)36/h8-12,23-32H,13-15H2,1-7H3/t23-,24-,25-,26-,27+,28+,29-,30-,31-,32+/m1/s1. The Balaban J connectivity index is 2.10. The van der Waals surface area contributed by atoms with Gasteiger partial charge in [-0.05, 0) is 5.56 Å². The number of carbonyl (C=O) groups is 6. The van der Waals surface area contributed by atoms with Crippen LogP contribution < -0.4 is 0 Å². The Morgan fingerprint density at radius 2 is 1.00 bits per heavy atom. The Kier molecular flexibility index (Phi) is 14.9. The predicted molar refractivity (Wildman–Crippen MR) is 160 cm³/mol. The first-order valence-corrected chi connectivity index (χ1v) is 15.3. The van der Waals surface area contributed by atoms with E-state index >= 15 is 0 Å². The van der Waals surface area contributed by atoms with E-state index in [1.54, 1.807) is 0 Å². The number of ether oxygens (including phenoxy) is 11. The molecule has 0 spiro atoms. The van der Waals surface area contributed by atoms with Crippen LogP contribution in [0.25, 0.3) is 0 Å². The molecule has 0 aliphatic carbocycles. The van der Waals surface area contributed by atoms with Gasteiger partial charge in [0, 0.05) is 48.7 Å². The van der Waals surface area contributed by atoms with Crippen LogP contribution in [0.1, 0.15) is 47.1 Å². The Morgan fingerprint density at radius 3 is 1.51 bits per heavy atom. The monoisotopic (exact) mass is 698 g/mol. The molecule has 3 rings (SSSR count). The average molecular weight is 699 g/mol. The molecule has 49 heavy (non-hydrogen) atoms. The summed E-state index contributed by atoms with van der Waals surface area (Å²) in [4.78, 5) is 73.1. The van der Waals surface area contributed by atoms with Crippen molar-refractivity contribution in [3.63, 3.8) is 0 Å². The van der Waals surface area contributed by atoms with E-state index in [0.717, 1.165) is 47.1 Å². The van der Waals surface area contributed by atoms with E-state index in [4.69, 9.17) is 52.1 Å². The summed E-state index contributed by atoms with van der Waals surface area (Å²) >= 11 is 0. The highest BCUT2D eigenvalue weighted by molar-refractivity contribution is 5.69. The maximum Gasteiger partial charge on any atom is 0.303 e. The van der Waals surface area contributed by atoms with E-state index in [1.807, 2.05) is 30.3 Å². The number of benzene rings is 1. The van der Waals surface area contributed by atoms with Gasteiger partial charge in [-0.2, -0.15) is 0 Å². The molecule has 17 nitrogen and oxygen atoms in total. The van der Waals surface area contributed by atoms with Gasteiger partial charge in [0.05, 0.1) is 13.2 Å². The second kappa shape index (κ2) is 18.6. The van der Waals surface area contributed by atoms with Crippen LogP contribution in [0.5, 0.6) is 0 Å². The van der Waals surface area contributed by atoms with Gasteiger partial charge >= 0.3 is 35.8 Å². The highest BCUT2D eigenvalue weighted by atomic mass is 16.8. The van der Waals surface area contributed by atoms with E-state index in [2.05, 4.69) is 0 Å². The summed E-state index contributed by atoms with van der Waals surface area (Å²) in [5, 5.41) is 0. The molecule has 2 aliphatic heterocycles. The second-order valence-electron chi connectivity index (χ2n) is 11.1. The maximum absolute atomic E-state index is 12.4. The van der Waals surface area contributed by atoms with Crippen LogP contribution in [-0.4, -0.2) is 118 Å². The third-order valence-corrected chi connectivity index (χ3v) is 7.06. The molecule has 272 valence electrons. The van der Waals surface area contributed by atoms with Gasteiger partial charge in [0.15, 0.2) is 43.1 Å². The molecular formula is C32H42O17. The fraction of sp³-hybridized carbons (Fsp3) is 0.625. The van der Waals surface area contributed by atoms with Crippen LogP contribution in [0.2, 0.25) is 0 Å². The molecule has 2 saturated heterocycles. The lowest BCUT2D eigenvalue weighted by Crippen LogP contribution is -2.67. The number of hydrogen-bond acceptors (Lipinski definition) is 17. The number of carbonyl (C=O) groups excluding carboxylic acids is 6. The maximum atomic E-state index is 12.4. The zero-order valence-electron chi connectivity index (χ0n) is 28.2. The van der Waals surface area contributed by atoms with Crippen molar-refractivity contribution >= 4 is 35.8 Å². The number of methoxy groups -OCH3 is 1. The first kappa shape index (κ1) is 39.3. The molecule has 0 saturated carbocycles. The van der Waals surface area contributed by atoms with Crippen molar-refractivity contribution in [1.29, 1.82) is 0 Å². The van der Waals surface area contributed by atoms with Gasteiger partial charge in [-0.1, -0.05) is 30.3 Å². The molecule has 0 unspecified atom stereocenters. The molecule has 0 aromatic heterocycles. The summed E-state index contributed by atoms with van der Waals surface area (Å²) in [5.74, 6) is -4.81. The lowest BCUT2D eigenvalue weighted by molar-refractivity contribution is -0.360. The van der Waals surface area contributed by atoms with E-state index < -0.39 is 104 Å². The van der Waals surface area contributed by atoms with E-state index in [9.17, 15) is 28.8 Å². The molecule has 2 aliphatic rings. The average Bonchev–Trinajstić information content (AvgIpc) is 3.00. The largest absolute Gasteiger partial charge is 0.463 e. The van der Waals surface area contributed by atoms with Crippen LogP contribution in [0.3, 0.4) is 0 Å². The number of hydrogen-bond donors (Lipinski definition) is 0. The van der Waals surface area contributed by atoms with E-state index in [-0.39, 0.29) is 13.2 Å². The zero-order chi connectivity index (χ0) is 36.2. The summed E-state index contributed by atoms with van der Waals surface area (Å²) in [6.07, 6.45) is -14.3. The molecule has 0 N–H and O–H groups in total. The topological polar surface area (TPSA) is 204 Å². The molecule has 2 heterocycles. The normalized spacial score (nSPS) is 29.5. The lowest BCUT2D eigenvalue weighted by atomic mass is 9.96. The first-order chi connectivity index (χ1) is 23.2. The second-order valence-corrected chi connectivity index (χ2v) is 11.1. The molecule has 0 radical (unpaired) electrons. The molecule has 0 bridgehead atoms. The first-order valence-electron chi connectivity index (χ1n) is 15.3. The third-order valence-electron chi connectivity index (χ3n) is 7.06. The summed E-state index contributed by atoms with van der Waals surface area (Å²) in [7, 11) is 1.29. The number of rotatable bonds is 14. The van der Waals surface area contributed by atoms with Gasteiger partial charge in [-0.15, -0.1) is 0 Å². The Bertz CT molecular complexity index is 1300. The third kappa shape index (κ3) is 11.7. The van der Waals surface area contributed by atoms with Crippen LogP contribution >= 0.6 is 0 Å². The minimum absolute atomic E-state index is 0.135. The van der Waals surface area contributed by atoms with Crippen molar-refractivity contribution < 1.29 is 80.9 Å². The molecule has 17 heteroatoms. The molecule has 0 amide bonds. The van der Waals surface area contributed by atoms with E-state index in [0.29, 0.717) is 0 Å². The minimum Gasteiger partial charge on any atom is -0.463 e. The predicted octanol–water partition coefficient (Wildman–Crippen LogP) is 0.906. The van der Waals surface area contributed by atoms with Gasteiger partial charge in [0.25, 0.3) is 0 Å². The Morgan fingerprint density at radius 1 is 0.551 bits per heavy atom. The van der Waals surface area contributed by atoms with Crippen LogP contribution in [0, 0.1) is 0 Å². The Hall–Kier alpha value is -4.16. The minimum atomic E-state index is -1.69. The van der Waals surface area contributed by atoms with Crippen LogP contribution in [-0.2, 0) is 87.5 Å². The van der Waals surface area contributed by atoms with Gasteiger partial charge in [0.1, 0.15) is 24.9 Å². The van der Waals surface area contributed by atoms with Crippen molar-refractivity contribution in [2.24, 2.45) is 0 Å². The fourth-order valence-corrected chi connectivity index (χ4v) is 5.33. The highest BCUT2D eigenvalue weighted by Gasteiger charge is 2.57. The smallest absolute Gasteiger partial charge is 0.303 e. The van der Waals surface area contributed by atoms with Crippen molar-refractivity contribution in [1.82, 2.24) is 0 Å². The summed E-state index contributed by atoms with van der Waals surface area (Å²) in [6, 6.07) is 9.17. The quantitative estimate of drug-likeness (QED) is 0.196. The molecule has 1 aromatic carbocycles. The van der Waals surface area contributed by atoms with Gasteiger partial charge in [-0.3, -0.25) is 28.8 Å². The summed E-state index contributed by atoms with van der Waals surface area (Å²) in [5.41, 5.74) is 0.827. The Labute approximate surface area is 282 Å². The zero-order valence-corrected chi connectivity index (χ0v) is 28.2. The lowest BCUT2D eigenvalue weighted by Gasteiger charge is -2.48. The molecule has 1 aromatic rings. The van der Waals surface area contributed by atoms with Crippen LogP contribution in [0.4, 0.5) is 0 Å².